The van der Waals surface area contributed by atoms with Gasteiger partial charge in [-0.3, -0.25) is 10.2 Å². The third-order valence-corrected chi connectivity index (χ3v) is 3.27. The molecule has 0 unspecified atom stereocenters. The number of benzene rings is 1. The van der Waals surface area contributed by atoms with Crippen molar-refractivity contribution >= 4 is 16.8 Å². The highest BCUT2D eigenvalue weighted by molar-refractivity contribution is 5.84. The van der Waals surface area contributed by atoms with Gasteiger partial charge in [-0.2, -0.15) is 0 Å². The number of rotatable bonds is 5. The molecular weight excluding hydrogens is 226 g/mol. The summed E-state index contributed by atoms with van der Waals surface area (Å²) >= 11 is 0. The smallest absolute Gasteiger partial charge is 0.233 e. The maximum absolute atomic E-state index is 11.0. The Hall–Kier alpha value is -1.81. The molecule has 96 valence electrons. The topological polar surface area (TPSA) is 70.9 Å². The molecular formula is C14H19N3O. The molecule has 1 aromatic heterocycles. The van der Waals surface area contributed by atoms with Gasteiger partial charge < -0.3 is 4.98 Å². The molecule has 0 radical (unpaired) electrons. The number of unbranched alkanes of at least 4 members (excludes halogenated alkanes) is 1. The Kier molecular flexibility index (Phi) is 3.99. The van der Waals surface area contributed by atoms with Crippen molar-refractivity contribution in [1.29, 1.82) is 0 Å². The number of para-hydroxylation sites is 1. The van der Waals surface area contributed by atoms with Gasteiger partial charge in [-0.15, -0.1) is 0 Å². The largest absolute Gasteiger partial charge is 0.358 e. The summed E-state index contributed by atoms with van der Waals surface area (Å²) in [6, 6.07) is 8.32. The van der Waals surface area contributed by atoms with Crippen LogP contribution < -0.4 is 11.3 Å². The molecule has 0 saturated heterocycles. The van der Waals surface area contributed by atoms with Gasteiger partial charge in [-0.05, 0) is 37.8 Å². The van der Waals surface area contributed by atoms with Crippen molar-refractivity contribution < 1.29 is 4.79 Å². The van der Waals surface area contributed by atoms with E-state index in [1.807, 2.05) is 6.07 Å². The van der Waals surface area contributed by atoms with Crippen molar-refractivity contribution in [2.24, 2.45) is 5.84 Å². The number of nitrogens with one attached hydrogen (secondary N) is 2. The molecule has 1 heterocycles. The Bertz CT molecular complexity index is 545. The number of carbonyl (C=O) groups excluding carboxylic acids is 1. The lowest BCUT2D eigenvalue weighted by atomic mass is 10.0. The van der Waals surface area contributed by atoms with Crippen molar-refractivity contribution in [1.82, 2.24) is 10.4 Å². The quantitative estimate of drug-likeness (QED) is 0.327. The molecule has 0 fully saturated rings. The summed E-state index contributed by atoms with van der Waals surface area (Å²) in [5.41, 5.74) is 5.92. The predicted octanol–water partition coefficient (Wildman–Crippen LogP) is 2.18. The van der Waals surface area contributed by atoms with Crippen LogP contribution in [0.1, 0.15) is 30.5 Å². The first-order chi connectivity index (χ1) is 8.72. The predicted molar refractivity (Wildman–Crippen MR) is 72.9 cm³/mol. The zero-order chi connectivity index (χ0) is 13.0. The highest BCUT2D eigenvalue weighted by atomic mass is 16.2. The SMILES string of the molecule is Cc1[nH]c2ccccc2c1CCCCC(=O)NN. The van der Waals surface area contributed by atoms with Crippen molar-refractivity contribution in [2.75, 3.05) is 0 Å². The van der Waals surface area contributed by atoms with Crippen molar-refractivity contribution in [3.05, 3.63) is 35.5 Å². The second kappa shape index (κ2) is 5.69. The normalized spacial score (nSPS) is 10.8. The van der Waals surface area contributed by atoms with Crippen LogP contribution in [-0.4, -0.2) is 10.9 Å². The number of carbonyl (C=O) groups is 1. The summed E-state index contributed by atoms with van der Waals surface area (Å²) in [5, 5.41) is 1.29. The first-order valence-electron chi connectivity index (χ1n) is 6.28. The van der Waals surface area contributed by atoms with Gasteiger partial charge in [0.2, 0.25) is 5.91 Å². The number of hydrogen-bond acceptors (Lipinski definition) is 2. The second-order valence-corrected chi connectivity index (χ2v) is 4.55. The number of aryl methyl sites for hydroxylation is 2. The van der Waals surface area contributed by atoms with Gasteiger partial charge in [0.15, 0.2) is 0 Å². The Morgan fingerprint density at radius 1 is 1.33 bits per heavy atom. The molecule has 0 saturated carbocycles. The van der Waals surface area contributed by atoms with Crippen LogP contribution in [0.4, 0.5) is 0 Å². The number of fused-ring (bicyclic) bond motifs is 1. The number of aromatic nitrogens is 1. The minimum Gasteiger partial charge on any atom is -0.358 e. The van der Waals surface area contributed by atoms with Gasteiger partial charge in [0, 0.05) is 23.0 Å². The van der Waals surface area contributed by atoms with Gasteiger partial charge in [-0.1, -0.05) is 18.2 Å². The molecule has 0 aliphatic carbocycles. The minimum atomic E-state index is -0.0920. The van der Waals surface area contributed by atoms with E-state index < -0.39 is 0 Å². The Morgan fingerprint density at radius 3 is 2.89 bits per heavy atom. The first kappa shape index (κ1) is 12.6. The number of H-pyrrole nitrogens is 1. The standard InChI is InChI=1S/C14H19N3O/c1-10-11(6-3-5-9-14(18)17-15)12-7-2-4-8-13(12)16-10/h2,4,7-8,16H,3,5-6,9,15H2,1H3,(H,17,18). The van der Waals surface area contributed by atoms with E-state index in [1.165, 1.54) is 22.2 Å². The average molecular weight is 245 g/mol. The fourth-order valence-electron chi connectivity index (χ4n) is 2.32. The van der Waals surface area contributed by atoms with E-state index in [1.54, 1.807) is 0 Å². The van der Waals surface area contributed by atoms with E-state index in [4.69, 9.17) is 5.84 Å². The molecule has 2 aromatic rings. The molecule has 0 atom stereocenters. The fraction of sp³-hybridized carbons (Fsp3) is 0.357. The summed E-state index contributed by atoms with van der Waals surface area (Å²) in [5.74, 6) is 4.95. The molecule has 1 aromatic carbocycles. The van der Waals surface area contributed by atoms with Gasteiger partial charge in [-0.25, -0.2) is 5.84 Å². The van der Waals surface area contributed by atoms with Crippen LogP contribution in [-0.2, 0) is 11.2 Å². The number of aromatic amines is 1. The minimum absolute atomic E-state index is 0.0920. The first-order valence-corrected chi connectivity index (χ1v) is 6.28. The third-order valence-electron chi connectivity index (χ3n) is 3.27. The van der Waals surface area contributed by atoms with Gasteiger partial charge in [0.25, 0.3) is 0 Å². The van der Waals surface area contributed by atoms with Crippen LogP contribution >= 0.6 is 0 Å². The molecule has 0 spiro atoms. The van der Waals surface area contributed by atoms with E-state index in [9.17, 15) is 4.79 Å². The summed E-state index contributed by atoms with van der Waals surface area (Å²) in [4.78, 5) is 14.4. The Morgan fingerprint density at radius 2 is 2.11 bits per heavy atom. The zero-order valence-electron chi connectivity index (χ0n) is 10.6. The summed E-state index contributed by atoms with van der Waals surface area (Å²) in [6.07, 6.45) is 3.35. The fourth-order valence-corrected chi connectivity index (χ4v) is 2.32. The molecule has 0 aliphatic heterocycles. The maximum Gasteiger partial charge on any atom is 0.233 e. The second-order valence-electron chi connectivity index (χ2n) is 4.55. The van der Waals surface area contributed by atoms with Crippen LogP contribution in [0.25, 0.3) is 10.9 Å². The maximum atomic E-state index is 11.0. The lowest BCUT2D eigenvalue weighted by molar-refractivity contribution is -0.121. The van der Waals surface area contributed by atoms with E-state index in [0.29, 0.717) is 6.42 Å². The van der Waals surface area contributed by atoms with Crippen LogP contribution in [0.3, 0.4) is 0 Å². The van der Waals surface area contributed by atoms with Crippen LogP contribution in [0.15, 0.2) is 24.3 Å². The highest BCUT2D eigenvalue weighted by Gasteiger charge is 2.07. The lowest BCUT2D eigenvalue weighted by Crippen LogP contribution is -2.29. The Labute approximate surface area is 107 Å². The summed E-state index contributed by atoms with van der Waals surface area (Å²) in [6.45, 7) is 2.10. The molecule has 2 rings (SSSR count). The van der Waals surface area contributed by atoms with Crippen molar-refractivity contribution in [2.45, 2.75) is 32.6 Å². The van der Waals surface area contributed by atoms with Crippen LogP contribution in [0.2, 0.25) is 0 Å². The highest BCUT2D eigenvalue weighted by Crippen LogP contribution is 2.23. The van der Waals surface area contributed by atoms with E-state index >= 15 is 0 Å². The van der Waals surface area contributed by atoms with Crippen molar-refractivity contribution in [3.8, 4) is 0 Å². The summed E-state index contributed by atoms with van der Waals surface area (Å²) < 4.78 is 0. The molecule has 0 bridgehead atoms. The molecule has 0 aliphatic rings. The molecule has 4 N–H and O–H groups in total. The molecule has 1 amide bonds. The zero-order valence-corrected chi connectivity index (χ0v) is 10.6. The van der Waals surface area contributed by atoms with Crippen molar-refractivity contribution in [3.63, 3.8) is 0 Å². The number of amides is 1. The van der Waals surface area contributed by atoms with E-state index in [-0.39, 0.29) is 5.91 Å². The number of hydrogen-bond donors (Lipinski definition) is 3. The van der Waals surface area contributed by atoms with Gasteiger partial charge in [0.1, 0.15) is 0 Å². The van der Waals surface area contributed by atoms with Crippen LogP contribution in [0, 0.1) is 6.92 Å². The molecule has 4 heteroatoms. The average Bonchev–Trinajstić information content (AvgIpc) is 2.70. The van der Waals surface area contributed by atoms with Gasteiger partial charge >= 0.3 is 0 Å². The monoisotopic (exact) mass is 245 g/mol. The van der Waals surface area contributed by atoms with E-state index in [0.717, 1.165) is 19.3 Å². The lowest BCUT2D eigenvalue weighted by Gasteiger charge is -2.02. The van der Waals surface area contributed by atoms with Gasteiger partial charge in [0.05, 0.1) is 0 Å². The third kappa shape index (κ3) is 2.71. The summed E-state index contributed by atoms with van der Waals surface area (Å²) in [7, 11) is 0. The van der Waals surface area contributed by atoms with Crippen LogP contribution in [0.5, 0.6) is 0 Å². The molecule has 4 nitrogen and oxygen atoms in total. The van der Waals surface area contributed by atoms with E-state index in [2.05, 4.69) is 35.5 Å². The number of hydrazine groups is 1. The number of nitrogens with two attached hydrogens (primary N) is 1. The molecule has 18 heavy (non-hydrogen) atoms. The Balaban J connectivity index is 1.99.